The Morgan fingerprint density at radius 3 is 2.19 bits per heavy atom. The summed E-state index contributed by atoms with van der Waals surface area (Å²) in [5, 5.41) is 10.1. The smallest absolute Gasteiger partial charge is 0.0782 e. The van der Waals surface area contributed by atoms with Crippen molar-refractivity contribution in [3.63, 3.8) is 0 Å². The quantitative estimate of drug-likeness (QED) is 0.327. The van der Waals surface area contributed by atoms with Crippen LogP contribution in [0.2, 0.25) is 0 Å². The lowest BCUT2D eigenvalue weighted by Gasteiger charge is -2.42. The molecule has 0 aromatic heterocycles. The second-order valence-corrected chi connectivity index (χ2v) is 10.1. The van der Waals surface area contributed by atoms with Gasteiger partial charge in [-0.15, -0.1) is 0 Å². The molecule has 0 N–H and O–H groups in total. The Labute approximate surface area is 169 Å². The molecule has 0 amide bonds. The molecule has 3 rings (SSSR count). The molecule has 0 heterocycles. The van der Waals surface area contributed by atoms with Gasteiger partial charge in [0.2, 0.25) is 0 Å². The second kappa shape index (κ2) is 10.1. The van der Waals surface area contributed by atoms with Crippen LogP contribution in [0.3, 0.4) is 0 Å². The second-order valence-electron chi connectivity index (χ2n) is 10.1. The van der Waals surface area contributed by atoms with E-state index in [1.54, 1.807) is 0 Å². The first-order valence-electron chi connectivity index (χ1n) is 12.3. The molecule has 0 saturated heterocycles. The van der Waals surface area contributed by atoms with Crippen LogP contribution in [0.15, 0.2) is 11.6 Å². The molecular weight excluding hydrogens is 326 g/mol. The predicted molar refractivity (Wildman–Crippen MR) is 115 cm³/mol. The fourth-order valence-corrected chi connectivity index (χ4v) is 6.45. The Kier molecular flexibility index (Phi) is 7.86. The molecule has 3 aliphatic rings. The van der Waals surface area contributed by atoms with Gasteiger partial charge in [-0.25, -0.2) is 0 Å². The van der Waals surface area contributed by atoms with Crippen molar-refractivity contribution in [2.75, 3.05) is 0 Å². The highest BCUT2D eigenvalue weighted by Gasteiger charge is 2.41. The lowest BCUT2D eigenvalue weighted by atomic mass is 9.61. The number of hydrogen-bond donors (Lipinski definition) is 0. The Hall–Kier alpha value is -0.770. The number of nitrogens with zero attached hydrogens (tertiary/aromatic N) is 1. The van der Waals surface area contributed by atoms with Crippen LogP contribution in [0.4, 0.5) is 0 Å². The molecular formula is C26H43N. The number of unbranched alkanes of at least 4 members (excludes halogenated alkanes) is 2. The molecule has 1 heteroatoms. The van der Waals surface area contributed by atoms with Crippen LogP contribution in [-0.4, -0.2) is 0 Å². The molecule has 0 spiro atoms. The standard InChI is InChI=1S/C26H43N/c1-3-5-6-7-22-10-14-25(15-11-22)26(20-27)18-16-24(17-19-26)23-12-8-21(4-2)9-13-23/h14,21-24H,3-13,15-19H2,1-2H3. The van der Waals surface area contributed by atoms with Gasteiger partial charge >= 0.3 is 0 Å². The normalized spacial score (nSPS) is 37.4. The third-order valence-electron chi connectivity index (χ3n) is 8.58. The fraction of sp³-hybridized carbons (Fsp3) is 0.885. The molecule has 0 aromatic carbocycles. The van der Waals surface area contributed by atoms with Gasteiger partial charge < -0.3 is 0 Å². The van der Waals surface area contributed by atoms with Gasteiger partial charge in [0, 0.05) is 0 Å². The minimum Gasteiger partial charge on any atom is -0.197 e. The zero-order valence-electron chi connectivity index (χ0n) is 18.1. The van der Waals surface area contributed by atoms with Gasteiger partial charge in [-0.3, -0.25) is 0 Å². The molecule has 0 radical (unpaired) electrons. The summed E-state index contributed by atoms with van der Waals surface area (Å²) in [6.45, 7) is 4.65. The Bertz CT molecular complexity index is 509. The van der Waals surface area contributed by atoms with Gasteiger partial charge in [-0.2, -0.15) is 5.26 Å². The lowest BCUT2D eigenvalue weighted by molar-refractivity contribution is 0.132. The van der Waals surface area contributed by atoms with Crippen LogP contribution < -0.4 is 0 Å². The summed E-state index contributed by atoms with van der Waals surface area (Å²) < 4.78 is 0. The van der Waals surface area contributed by atoms with E-state index in [1.165, 1.54) is 95.5 Å². The maximum absolute atomic E-state index is 10.1. The van der Waals surface area contributed by atoms with Gasteiger partial charge in [0.15, 0.2) is 0 Å². The fourth-order valence-electron chi connectivity index (χ4n) is 6.45. The van der Waals surface area contributed by atoms with Crippen LogP contribution >= 0.6 is 0 Å². The average Bonchev–Trinajstić information content (AvgIpc) is 2.74. The molecule has 0 bridgehead atoms. The summed E-state index contributed by atoms with van der Waals surface area (Å²) in [4.78, 5) is 0. The van der Waals surface area contributed by atoms with Crippen molar-refractivity contribution in [1.82, 2.24) is 0 Å². The Morgan fingerprint density at radius 1 is 0.926 bits per heavy atom. The van der Waals surface area contributed by atoms with E-state index >= 15 is 0 Å². The van der Waals surface area contributed by atoms with Crippen LogP contribution in [-0.2, 0) is 0 Å². The molecule has 2 saturated carbocycles. The molecule has 1 nitrogen and oxygen atoms in total. The van der Waals surface area contributed by atoms with Gasteiger partial charge in [0.05, 0.1) is 11.5 Å². The zero-order chi connectivity index (χ0) is 19.1. The minimum absolute atomic E-state index is 0.0918. The largest absolute Gasteiger partial charge is 0.197 e. The van der Waals surface area contributed by atoms with Crippen molar-refractivity contribution in [1.29, 1.82) is 5.26 Å². The molecule has 0 aromatic rings. The first kappa shape index (κ1) is 21.0. The summed E-state index contributed by atoms with van der Waals surface area (Å²) in [6, 6.07) is 2.83. The zero-order valence-corrected chi connectivity index (χ0v) is 18.1. The first-order chi connectivity index (χ1) is 13.2. The maximum Gasteiger partial charge on any atom is 0.0782 e. The van der Waals surface area contributed by atoms with Crippen LogP contribution in [0.25, 0.3) is 0 Å². The summed E-state index contributed by atoms with van der Waals surface area (Å²) in [6.07, 6.45) is 24.0. The van der Waals surface area contributed by atoms with Gasteiger partial charge in [0.1, 0.15) is 0 Å². The van der Waals surface area contributed by atoms with E-state index in [0.29, 0.717) is 0 Å². The van der Waals surface area contributed by atoms with Crippen molar-refractivity contribution in [3.05, 3.63) is 11.6 Å². The van der Waals surface area contributed by atoms with Crippen molar-refractivity contribution >= 4 is 0 Å². The lowest BCUT2D eigenvalue weighted by Crippen LogP contribution is -2.33. The third kappa shape index (κ3) is 5.19. The first-order valence-corrected chi connectivity index (χ1v) is 12.3. The third-order valence-corrected chi connectivity index (χ3v) is 8.58. The number of hydrogen-bond acceptors (Lipinski definition) is 1. The van der Waals surface area contributed by atoms with Crippen molar-refractivity contribution in [2.45, 2.75) is 117 Å². The predicted octanol–water partition coefficient (Wildman–Crippen LogP) is 8.21. The molecule has 1 atom stereocenters. The van der Waals surface area contributed by atoms with Crippen LogP contribution in [0.5, 0.6) is 0 Å². The Balaban J connectivity index is 1.50. The number of allylic oxidation sites excluding steroid dienone is 2. The van der Waals surface area contributed by atoms with Crippen LogP contribution in [0.1, 0.15) is 117 Å². The highest BCUT2D eigenvalue weighted by Crippen LogP contribution is 2.51. The number of rotatable bonds is 7. The summed E-state index contributed by atoms with van der Waals surface area (Å²) >= 11 is 0. The topological polar surface area (TPSA) is 23.8 Å². The van der Waals surface area contributed by atoms with E-state index in [4.69, 9.17) is 0 Å². The van der Waals surface area contributed by atoms with E-state index in [-0.39, 0.29) is 5.41 Å². The molecule has 2 fully saturated rings. The van der Waals surface area contributed by atoms with Gasteiger partial charge in [0.25, 0.3) is 0 Å². The Morgan fingerprint density at radius 2 is 1.63 bits per heavy atom. The monoisotopic (exact) mass is 369 g/mol. The summed E-state index contributed by atoms with van der Waals surface area (Å²) in [7, 11) is 0. The molecule has 1 unspecified atom stereocenters. The molecule has 152 valence electrons. The maximum atomic E-state index is 10.1. The van der Waals surface area contributed by atoms with E-state index in [2.05, 4.69) is 26.0 Å². The van der Waals surface area contributed by atoms with Crippen molar-refractivity contribution in [3.8, 4) is 6.07 Å². The summed E-state index contributed by atoms with van der Waals surface area (Å²) in [5.74, 6) is 3.77. The molecule has 27 heavy (non-hydrogen) atoms. The highest BCUT2D eigenvalue weighted by molar-refractivity contribution is 5.26. The van der Waals surface area contributed by atoms with Gasteiger partial charge in [-0.1, -0.05) is 70.4 Å². The number of nitriles is 1. The minimum atomic E-state index is -0.0918. The van der Waals surface area contributed by atoms with E-state index in [0.717, 1.165) is 36.5 Å². The van der Waals surface area contributed by atoms with Gasteiger partial charge in [-0.05, 0) is 81.5 Å². The SMILES string of the molecule is CCCCCC1CC=C(C2(C#N)CCC(C3CCC(CC)CC3)CC2)CC1. The van der Waals surface area contributed by atoms with Crippen molar-refractivity contribution in [2.24, 2.45) is 29.1 Å². The van der Waals surface area contributed by atoms with E-state index in [9.17, 15) is 5.26 Å². The highest BCUT2D eigenvalue weighted by atomic mass is 14.5. The average molecular weight is 370 g/mol. The summed E-state index contributed by atoms with van der Waals surface area (Å²) in [5.41, 5.74) is 1.44. The molecule has 0 aliphatic heterocycles. The van der Waals surface area contributed by atoms with Crippen molar-refractivity contribution < 1.29 is 0 Å². The van der Waals surface area contributed by atoms with E-state index in [1.807, 2.05) is 0 Å². The van der Waals surface area contributed by atoms with Crippen LogP contribution in [0, 0.1) is 40.4 Å². The molecule has 3 aliphatic carbocycles. The van der Waals surface area contributed by atoms with E-state index < -0.39 is 0 Å².